The van der Waals surface area contributed by atoms with Crippen LogP contribution in [0.2, 0.25) is 0 Å². The van der Waals surface area contributed by atoms with E-state index in [4.69, 9.17) is 0 Å². The van der Waals surface area contributed by atoms with E-state index >= 15 is 0 Å². The Bertz CT molecular complexity index is 1120. The number of benzene rings is 3. The lowest BCUT2D eigenvalue weighted by Crippen LogP contribution is -2.47. The number of nitrogens with zero attached hydrogens (tertiary/aromatic N) is 2. The Labute approximate surface area is 192 Å². The number of aryl methyl sites for hydroxylation is 1. The molecule has 0 radical (unpaired) electrons. The maximum absolute atomic E-state index is 13.3. The van der Waals surface area contributed by atoms with E-state index in [2.05, 4.69) is 85.5 Å². The molecule has 4 rings (SSSR count). The number of amides is 1. The molecule has 4 nitrogen and oxygen atoms in total. The van der Waals surface area contributed by atoms with Crippen molar-refractivity contribution in [3.8, 4) is 0 Å². The van der Waals surface area contributed by atoms with Crippen LogP contribution in [0.1, 0.15) is 54.2 Å². The van der Waals surface area contributed by atoms with Gasteiger partial charge in [-0.1, -0.05) is 48.5 Å². The van der Waals surface area contributed by atoms with Gasteiger partial charge in [0, 0.05) is 30.4 Å². The molecular formula is C28H35N3O. The van der Waals surface area contributed by atoms with Gasteiger partial charge in [-0.2, -0.15) is 0 Å². The number of anilines is 1. The van der Waals surface area contributed by atoms with Gasteiger partial charge >= 0.3 is 0 Å². The molecule has 1 aliphatic rings. The number of nitrogens with one attached hydrogen (secondary N) is 1. The first-order valence-electron chi connectivity index (χ1n) is 11.6. The maximum atomic E-state index is 13.3. The van der Waals surface area contributed by atoms with Crippen molar-refractivity contribution < 1.29 is 4.79 Å². The van der Waals surface area contributed by atoms with Crippen LogP contribution in [0.5, 0.6) is 0 Å². The number of likely N-dealkylation sites (N-methyl/N-ethyl adjacent to an activating group) is 2. The number of carbonyl (C=O) groups excluding carboxylic acids is 1. The van der Waals surface area contributed by atoms with Gasteiger partial charge in [-0.15, -0.1) is 0 Å². The number of rotatable bonds is 6. The van der Waals surface area contributed by atoms with Gasteiger partial charge in [0.2, 0.25) is 0 Å². The topological polar surface area (TPSA) is 35.6 Å². The summed E-state index contributed by atoms with van der Waals surface area (Å²) in [6, 6.07) is 20.7. The summed E-state index contributed by atoms with van der Waals surface area (Å²) in [6.07, 6.45) is 2.45. The first-order chi connectivity index (χ1) is 15.3. The van der Waals surface area contributed by atoms with Gasteiger partial charge in [0.05, 0.1) is 6.04 Å². The standard InChI is InChI=1S/C28H35N3O/c1-20-14-15-23(30(4)19-28(3)16-9-17-31(28)5)18-26(20)27(32)29-21(2)24-13-8-11-22-10-6-7-12-25(22)24/h6-8,10-15,18,21H,9,16-17,19H2,1-5H3,(H,29,32)/t21-,28+/m1/s1. The Morgan fingerprint density at radius 2 is 1.91 bits per heavy atom. The molecule has 0 unspecified atom stereocenters. The summed E-state index contributed by atoms with van der Waals surface area (Å²) >= 11 is 0. The molecular weight excluding hydrogens is 394 g/mol. The minimum Gasteiger partial charge on any atom is -0.373 e. The molecule has 3 aromatic carbocycles. The average molecular weight is 430 g/mol. The third kappa shape index (κ3) is 4.37. The van der Waals surface area contributed by atoms with Crippen LogP contribution in [0.15, 0.2) is 60.7 Å². The predicted octanol–water partition coefficient (Wildman–Crippen LogP) is 5.56. The number of carbonyl (C=O) groups is 1. The second-order valence-corrected chi connectivity index (χ2v) is 9.64. The highest BCUT2D eigenvalue weighted by molar-refractivity contribution is 5.97. The van der Waals surface area contributed by atoms with E-state index in [1.165, 1.54) is 23.6 Å². The highest BCUT2D eigenvalue weighted by Gasteiger charge is 2.35. The largest absolute Gasteiger partial charge is 0.373 e. The Morgan fingerprint density at radius 3 is 2.66 bits per heavy atom. The van der Waals surface area contributed by atoms with Gasteiger partial charge < -0.3 is 10.2 Å². The molecule has 0 aliphatic carbocycles. The van der Waals surface area contributed by atoms with E-state index in [9.17, 15) is 4.79 Å². The monoisotopic (exact) mass is 429 g/mol. The molecule has 0 saturated carbocycles. The number of fused-ring (bicyclic) bond motifs is 1. The van der Waals surface area contributed by atoms with E-state index in [1.54, 1.807) is 0 Å². The van der Waals surface area contributed by atoms with Crippen LogP contribution in [-0.4, -0.2) is 43.5 Å². The first-order valence-corrected chi connectivity index (χ1v) is 11.6. The third-order valence-corrected chi connectivity index (χ3v) is 7.25. The van der Waals surface area contributed by atoms with Crippen molar-refractivity contribution in [3.05, 3.63) is 77.4 Å². The SMILES string of the molecule is Cc1ccc(N(C)C[C@]2(C)CCCN2C)cc1C(=O)N[C@H](C)c1cccc2ccccc12. The Hall–Kier alpha value is -2.85. The van der Waals surface area contributed by atoms with Crippen molar-refractivity contribution in [2.24, 2.45) is 0 Å². The van der Waals surface area contributed by atoms with E-state index in [0.717, 1.165) is 35.5 Å². The van der Waals surface area contributed by atoms with Gasteiger partial charge in [-0.25, -0.2) is 0 Å². The van der Waals surface area contributed by atoms with Crippen molar-refractivity contribution in [1.29, 1.82) is 0 Å². The third-order valence-electron chi connectivity index (χ3n) is 7.25. The molecule has 0 aromatic heterocycles. The van der Waals surface area contributed by atoms with Gasteiger partial charge in [0.1, 0.15) is 0 Å². The molecule has 0 bridgehead atoms. The minimum absolute atomic E-state index is 0.0256. The zero-order chi connectivity index (χ0) is 22.9. The molecule has 32 heavy (non-hydrogen) atoms. The van der Waals surface area contributed by atoms with Crippen LogP contribution in [-0.2, 0) is 0 Å². The van der Waals surface area contributed by atoms with Crippen molar-refractivity contribution >= 4 is 22.4 Å². The van der Waals surface area contributed by atoms with Crippen molar-refractivity contribution in [2.75, 3.05) is 32.1 Å². The van der Waals surface area contributed by atoms with Crippen LogP contribution in [0.3, 0.4) is 0 Å². The predicted molar refractivity (Wildman–Crippen MR) is 135 cm³/mol. The lowest BCUT2D eigenvalue weighted by atomic mass is 9.97. The zero-order valence-electron chi connectivity index (χ0n) is 20.0. The summed E-state index contributed by atoms with van der Waals surface area (Å²) in [7, 11) is 4.34. The van der Waals surface area contributed by atoms with Gasteiger partial charge in [0.25, 0.3) is 5.91 Å². The van der Waals surface area contributed by atoms with Gasteiger partial charge in [0.15, 0.2) is 0 Å². The molecule has 4 heteroatoms. The number of hydrogen-bond donors (Lipinski definition) is 1. The van der Waals surface area contributed by atoms with E-state index in [-0.39, 0.29) is 17.5 Å². The smallest absolute Gasteiger partial charge is 0.252 e. The average Bonchev–Trinajstić information content (AvgIpc) is 3.11. The first kappa shape index (κ1) is 22.3. The van der Waals surface area contributed by atoms with Crippen molar-refractivity contribution in [1.82, 2.24) is 10.2 Å². The second-order valence-electron chi connectivity index (χ2n) is 9.64. The molecule has 1 amide bonds. The van der Waals surface area contributed by atoms with E-state index in [0.29, 0.717) is 0 Å². The van der Waals surface area contributed by atoms with E-state index in [1.807, 2.05) is 25.1 Å². The fraction of sp³-hybridized carbons (Fsp3) is 0.393. The van der Waals surface area contributed by atoms with Crippen LogP contribution in [0.25, 0.3) is 10.8 Å². The lowest BCUT2D eigenvalue weighted by Gasteiger charge is -2.37. The molecule has 1 heterocycles. The summed E-state index contributed by atoms with van der Waals surface area (Å²) in [5.74, 6) is -0.0256. The van der Waals surface area contributed by atoms with Gasteiger partial charge in [-0.05, 0) is 81.2 Å². The fourth-order valence-electron chi connectivity index (χ4n) is 5.03. The molecule has 1 N–H and O–H groups in total. The maximum Gasteiger partial charge on any atom is 0.252 e. The number of likely N-dealkylation sites (tertiary alicyclic amines) is 1. The molecule has 3 aromatic rings. The Kier molecular flexibility index (Phi) is 6.25. The summed E-state index contributed by atoms with van der Waals surface area (Å²) in [6.45, 7) is 8.50. The molecule has 1 saturated heterocycles. The molecule has 1 aliphatic heterocycles. The summed E-state index contributed by atoms with van der Waals surface area (Å²) < 4.78 is 0. The normalized spacial score (nSPS) is 19.8. The van der Waals surface area contributed by atoms with Crippen LogP contribution < -0.4 is 10.2 Å². The summed E-state index contributed by atoms with van der Waals surface area (Å²) in [4.78, 5) is 18.0. The zero-order valence-corrected chi connectivity index (χ0v) is 20.0. The van der Waals surface area contributed by atoms with Crippen molar-refractivity contribution in [3.63, 3.8) is 0 Å². The molecule has 168 valence electrons. The Morgan fingerprint density at radius 1 is 1.16 bits per heavy atom. The van der Waals surface area contributed by atoms with Crippen LogP contribution >= 0.6 is 0 Å². The van der Waals surface area contributed by atoms with E-state index < -0.39 is 0 Å². The summed E-state index contributed by atoms with van der Waals surface area (Å²) in [5, 5.41) is 5.61. The van der Waals surface area contributed by atoms with Gasteiger partial charge in [-0.3, -0.25) is 9.69 Å². The second kappa shape index (κ2) is 8.95. The lowest BCUT2D eigenvalue weighted by molar-refractivity contribution is 0.0939. The molecule has 1 fully saturated rings. The minimum atomic E-state index is -0.0829. The highest BCUT2D eigenvalue weighted by Crippen LogP contribution is 2.30. The fourth-order valence-corrected chi connectivity index (χ4v) is 5.03. The Balaban J connectivity index is 1.53. The van der Waals surface area contributed by atoms with Crippen molar-refractivity contribution in [2.45, 2.75) is 45.2 Å². The van der Waals surface area contributed by atoms with Crippen LogP contribution in [0, 0.1) is 6.92 Å². The summed E-state index contributed by atoms with van der Waals surface area (Å²) in [5.41, 5.74) is 4.13. The number of hydrogen-bond acceptors (Lipinski definition) is 3. The molecule has 2 atom stereocenters. The molecule has 0 spiro atoms. The quantitative estimate of drug-likeness (QED) is 0.557. The van der Waals surface area contributed by atoms with Crippen LogP contribution in [0.4, 0.5) is 5.69 Å². The highest BCUT2D eigenvalue weighted by atomic mass is 16.1.